The molecule has 0 radical (unpaired) electrons. The normalized spacial score (nSPS) is 12.4. The molecule has 0 heterocycles. The minimum Gasteiger partial charge on any atom is -0.623 e. The number of benzene rings is 2. The van der Waals surface area contributed by atoms with E-state index in [0.29, 0.717) is 5.71 Å². The molecule has 0 unspecified atom stereocenters. The highest BCUT2D eigenvalue weighted by molar-refractivity contribution is 6.01. The fourth-order valence-corrected chi connectivity index (χ4v) is 1.71. The Morgan fingerprint density at radius 3 is 2.21 bits per heavy atom. The third-order valence-corrected chi connectivity index (χ3v) is 2.63. The number of nitrogens with zero attached hydrogens (tertiary/aromatic N) is 2. The first-order chi connectivity index (χ1) is 9.29. The van der Waals surface area contributed by atoms with Crippen molar-refractivity contribution in [3.05, 3.63) is 77.0 Å². The van der Waals surface area contributed by atoms with Crippen LogP contribution in [0, 0.1) is 5.21 Å². The second-order valence-corrected chi connectivity index (χ2v) is 4.03. The minimum atomic E-state index is -0.00456. The number of hydrogen-bond donors (Lipinski definition) is 1. The summed E-state index contributed by atoms with van der Waals surface area (Å²) < 4.78 is 0.747. The molecule has 2 rings (SSSR count). The van der Waals surface area contributed by atoms with Gasteiger partial charge in [-0.1, -0.05) is 53.7 Å². The van der Waals surface area contributed by atoms with Crippen LogP contribution in [0.4, 0.5) is 0 Å². The fraction of sp³-hybridized carbons (Fsp3) is 0.0667. The van der Waals surface area contributed by atoms with Gasteiger partial charge in [0, 0.05) is 11.1 Å². The van der Waals surface area contributed by atoms with Crippen molar-refractivity contribution in [3.63, 3.8) is 0 Å². The molecule has 0 amide bonds. The predicted molar refractivity (Wildman–Crippen MR) is 74.9 cm³/mol. The molecule has 0 spiro atoms. The highest BCUT2D eigenvalue weighted by atomic mass is 16.5. The molecule has 0 aliphatic rings. The van der Waals surface area contributed by atoms with Crippen LogP contribution in [-0.2, 0) is 0 Å². The zero-order chi connectivity index (χ0) is 13.5. The molecule has 4 heteroatoms. The quantitative estimate of drug-likeness (QED) is 0.299. The van der Waals surface area contributed by atoms with Gasteiger partial charge in [0.05, 0.1) is 0 Å². The molecule has 0 bridgehead atoms. The summed E-state index contributed by atoms with van der Waals surface area (Å²) in [6.07, 6.45) is 1.47. The topological polar surface area (TPSA) is 58.7 Å². The third kappa shape index (κ3) is 3.67. The van der Waals surface area contributed by atoms with Crippen molar-refractivity contribution in [1.82, 2.24) is 0 Å². The first-order valence-electron chi connectivity index (χ1n) is 5.89. The maximum Gasteiger partial charge on any atom is 0.199 e. The minimum absolute atomic E-state index is 0.00456. The van der Waals surface area contributed by atoms with Crippen LogP contribution in [0.25, 0.3) is 0 Å². The Hall–Kier alpha value is -2.62. The molecule has 0 saturated carbocycles. The maximum atomic E-state index is 11.8. The maximum absolute atomic E-state index is 11.8. The van der Waals surface area contributed by atoms with Crippen LogP contribution in [0.15, 0.2) is 65.8 Å². The largest absolute Gasteiger partial charge is 0.623 e. The van der Waals surface area contributed by atoms with Crippen LogP contribution in [0.1, 0.15) is 11.1 Å². The molecule has 0 aromatic heterocycles. The molecule has 96 valence electrons. The summed E-state index contributed by atoms with van der Waals surface area (Å²) in [6, 6.07) is 18.4. The van der Waals surface area contributed by atoms with Gasteiger partial charge in [0.2, 0.25) is 0 Å². The third-order valence-electron chi connectivity index (χ3n) is 2.63. The molecule has 0 aliphatic carbocycles. The van der Waals surface area contributed by atoms with Crippen molar-refractivity contribution >= 4 is 11.9 Å². The summed E-state index contributed by atoms with van der Waals surface area (Å²) in [5, 5.41) is 24.0. The molecule has 2 aromatic carbocycles. The standard InChI is InChI=1S/C15H14N2O2/c18-16-15(14-9-5-2-6-10-14)12-17(19)11-13-7-3-1-4-8-13/h1-11,18H,12H2/b16-15-,17-11+. The Labute approximate surface area is 111 Å². The van der Waals surface area contributed by atoms with E-state index in [2.05, 4.69) is 5.16 Å². The Bertz CT molecular complexity index is 578. The smallest absolute Gasteiger partial charge is 0.199 e. The molecular weight excluding hydrogens is 240 g/mol. The van der Waals surface area contributed by atoms with Crippen LogP contribution >= 0.6 is 0 Å². The van der Waals surface area contributed by atoms with Gasteiger partial charge in [0.25, 0.3) is 0 Å². The second kappa shape index (κ2) is 6.35. The van der Waals surface area contributed by atoms with Crippen molar-refractivity contribution in [1.29, 1.82) is 0 Å². The van der Waals surface area contributed by atoms with Gasteiger partial charge in [-0.2, -0.15) is 0 Å². The lowest BCUT2D eigenvalue weighted by Crippen LogP contribution is -2.18. The SMILES string of the molecule is [O-]/[N+](=C/c1ccccc1)C/C(=N/O)c1ccccc1. The predicted octanol–water partition coefficient (Wildman–Crippen LogP) is 2.49. The molecule has 0 fully saturated rings. The molecule has 4 nitrogen and oxygen atoms in total. The number of hydrogen-bond acceptors (Lipinski definition) is 3. The van der Waals surface area contributed by atoms with E-state index in [1.807, 2.05) is 48.5 Å². The van der Waals surface area contributed by atoms with Gasteiger partial charge in [0.1, 0.15) is 0 Å². The molecule has 0 aliphatic heterocycles. The first-order valence-corrected chi connectivity index (χ1v) is 5.89. The number of rotatable bonds is 4. The van der Waals surface area contributed by atoms with Crippen LogP contribution in [0.2, 0.25) is 0 Å². The first kappa shape index (κ1) is 12.8. The van der Waals surface area contributed by atoms with E-state index in [1.54, 1.807) is 12.1 Å². The van der Waals surface area contributed by atoms with E-state index in [1.165, 1.54) is 6.21 Å². The summed E-state index contributed by atoms with van der Waals surface area (Å²) in [6.45, 7) is -0.00456. The zero-order valence-corrected chi connectivity index (χ0v) is 10.3. The molecule has 19 heavy (non-hydrogen) atoms. The Kier molecular flexibility index (Phi) is 4.29. The average molecular weight is 254 g/mol. The van der Waals surface area contributed by atoms with Crippen molar-refractivity contribution < 1.29 is 9.95 Å². The Balaban J connectivity index is 2.14. The van der Waals surface area contributed by atoms with Crippen molar-refractivity contribution in [3.8, 4) is 0 Å². The van der Waals surface area contributed by atoms with Gasteiger partial charge in [-0.15, -0.1) is 0 Å². The van der Waals surface area contributed by atoms with E-state index >= 15 is 0 Å². The highest BCUT2D eigenvalue weighted by Gasteiger charge is 2.08. The van der Waals surface area contributed by atoms with Crippen LogP contribution in [0.3, 0.4) is 0 Å². The molecule has 1 N–H and O–H groups in total. The second-order valence-electron chi connectivity index (χ2n) is 4.03. The van der Waals surface area contributed by atoms with Gasteiger partial charge in [0.15, 0.2) is 18.5 Å². The lowest BCUT2D eigenvalue weighted by molar-refractivity contribution is -0.434. The van der Waals surface area contributed by atoms with Crippen molar-refractivity contribution in [2.45, 2.75) is 0 Å². The van der Waals surface area contributed by atoms with E-state index in [9.17, 15) is 5.21 Å². The molecule has 2 aromatic rings. The fourth-order valence-electron chi connectivity index (χ4n) is 1.71. The summed E-state index contributed by atoms with van der Waals surface area (Å²) in [7, 11) is 0. The van der Waals surface area contributed by atoms with Crippen LogP contribution < -0.4 is 0 Å². The summed E-state index contributed by atoms with van der Waals surface area (Å²) in [4.78, 5) is 0. The lowest BCUT2D eigenvalue weighted by Gasteiger charge is -2.06. The summed E-state index contributed by atoms with van der Waals surface area (Å²) >= 11 is 0. The monoisotopic (exact) mass is 254 g/mol. The summed E-state index contributed by atoms with van der Waals surface area (Å²) in [5.74, 6) is 0. The molecule has 0 saturated heterocycles. The van der Waals surface area contributed by atoms with Crippen LogP contribution in [-0.4, -0.2) is 28.4 Å². The van der Waals surface area contributed by atoms with Gasteiger partial charge in [-0.05, 0) is 12.1 Å². The highest BCUT2D eigenvalue weighted by Crippen LogP contribution is 2.02. The summed E-state index contributed by atoms with van der Waals surface area (Å²) in [5.41, 5.74) is 1.87. The Morgan fingerprint density at radius 1 is 1.05 bits per heavy atom. The average Bonchev–Trinajstić information content (AvgIpc) is 2.47. The lowest BCUT2D eigenvalue weighted by atomic mass is 10.1. The van der Waals surface area contributed by atoms with Gasteiger partial charge >= 0.3 is 0 Å². The van der Waals surface area contributed by atoms with E-state index in [4.69, 9.17) is 5.21 Å². The van der Waals surface area contributed by atoms with Gasteiger partial charge in [-0.3, -0.25) is 0 Å². The number of hydroxylamine groups is 1. The van der Waals surface area contributed by atoms with E-state index < -0.39 is 0 Å². The number of oxime groups is 1. The van der Waals surface area contributed by atoms with Gasteiger partial charge in [-0.25, -0.2) is 4.74 Å². The molecular formula is C15H14N2O2. The zero-order valence-electron chi connectivity index (χ0n) is 10.3. The Morgan fingerprint density at radius 2 is 1.63 bits per heavy atom. The van der Waals surface area contributed by atoms with E-state index in [0.717, 1.165) is 15.9 Å². The molecule has 0 atom stereocenters. The van der Waals surface area contributed by atoms with Crippen LogP contribution in [0.5, 0.6) is 0 Å². The van der Waals surface area contributed by atoms with Crippen molar-refractivity contribution in [2.24, 2.45) is 5.16 Å². The van der Waals surface area contributed by atoms with E-state index in [-0.39, 0.29) is 6.54 Å². The van der Waals surface area contributed by atoms with Crippen molar-refractivity contribution in [2.75, 3.05) is 6.54 Å². The van der Waals surface area contributed by atoms with Gasteiger partial charge < -0.3 is 10.4 Å².